The van der Waals surface area contributed by atoms with E-state index in [0.717, 1.165) is 74.4 Å². The quantitative estimate of drug-likeness (QED) is 0.463. The van der Waals surface area contributed by atoms with Gasteiger partial charge in [0.25, 0.3) is 0 Å². The number of fused-ring (bicyclic) bond motifs is 1. The minimum atomic E-state index is 0.288. The van der Waals surface area contributed by atoms with Crippen molar-refractivity contribution < 1.29 is 14.6 Å². The maximum atomic E-state index is 9.83. The van der Waals surface area contributed by atoms with Crippen molar-refractivity contribution in [3.8, 4) is 11.8 Å². The average Bonchev–Trinajstić information content (AvgIpc) is 3.26. The number of benzene rings is 1. The van der Waals surface area contributed by atoms with Crippen LogP contribution in [0.2, 0.25) is 0 Å². The number of hydrogen-bond acceptors (Lipinski definition) is 9. The summed E-state index contributed by atoms with van der Waals surface area (Å²) in [5.74, 6) is 2.38. The standard InChI is InChI=1S/C26H36N6O3/c1-4-11-32(12-5-2)25-18-24(27-26(28-25)35-16-14-31-13-15-34-19(31)3)30-29-23-8-6-7-20-17-21(33)9-10-22(20)23/h9-10,17-18,33H,3-8,11-16H2,1-2H3,(H,27,28,30)/b29-23+. The molecule has 188 valence electrons. The molecule has 0 bridgehead atoms. The Morgan fingerprint density at radius 2 is 2.03 bits per heavy atom. The summed E-state index contributed by atoms with van der Waals surface area (Å²) in [6.45, 7) is 12.6. The SMILES string of the molecule is C=C1OCCN1CCOc1nc(N/N=C2\CCCc3cc(O)ccc32)cc(N(CCC)CCC)n1. The molecule has 1 aromatic carbocycles. The summed E-state index contributed by atoms with van der Waals surface area (Å²) in [7, 11) is 0. The molecule has 9 nitrogen and oxygen atoms in total. The first kappa shape index (κ1) is 24.6. The number of rotatable bonds is 11. The van der Waals surface area contributed by atoms with Crippen molar-refractivity contribution in [2.45, 2.75) is 46.0 Å². The van der Waals surface area contributed by atoms with Gasteiger partial charge in [0, 0.05) is 24.7 Å². The molecule has 2 aromatic rings. The van der Waals surface area contributed by atoms with E-state index in [9.17, 15) is 5.11 Å². The second-order valence-electron chi connectivity index (χ2n) is 8.82. The van der Waals surface area contributed by atoms with Crippen LogP contribution in [0, 0.1) is 0 Å². The third kappa shape index (κ3) is 6.35. The van der Waals surface area contributed by atoms with Gasteiger partial charge >= 0.3 is 6.01 Å². The predicted octanol–water partition coefficient (Wildman–Crippen LogP) is 4.14. The average molecular weight is 481 g/mol. The van der Waals surface area contributed by atoms with Gasteiger partial charge in [-0.05, 0) is 62.4 Å². The van der Waals surface area contributed by atoms with Crippen molar-refractivity contribution in [3.05, 3.63) is 47.9 Å². The topological polar surface area (TPSA) is 95.3 Å². The summed E-state index contributed by atoms with van der Waals surface area (Å²) >= 11 is 0. The minimum Gasteiger partial charge on any atom is -0.508 e. The number of aromatic hydroxyl groups is 1. The van der Waals surface area contributed by atoms with Crippen LogP contribution in [-0.2, 0) is 11.2 Å². The van der Waals surface area contributed by atoms with Gasteiger partial charge in [0.1, 0.15) is 24.8 Å². The molecule has 1 aromatic heterocycles. The zero-order valence-corrected chi connectivity index (χ0v) is 20.8. The summed E-state index contributed by atoms with van der Waals surface area (Å²) in [5, 5.41) is 14.5. The van der Waals surface area contributed by atoms with Crippen LogP contribution in [0.4, 0.5) is 11.6 Å². The molecule has 2 aliphatic rings. The van der Waals surface area contributed by atoms with Gasteiger partial charge in [0.05, 0.1) is 18.8 Å². The van der Waals surface area contributed by atoms with Gasteiger partial charge in [-0.1, -0.05) is 13.8 Å². The molecule has 1 fully saturated rings. The summed E-state index contributed by atoms with van der Waals surface area (Å²) in [6, 6.07) is 7.72. The van der Waals surface area contributed by atoms with E-state index in [0.29, 0.717) is 37.5 Å². The van der Waals surface area contributed by atoms with Gasteiger partial charge in [-0.15, -0.1) is 0 Å². The van der Waals surface area contributed by atoms with Crippen molar-refractivity contribution in [1.82, 2.24) is 14.9 Å². The van der Waals surface area contributed by atoms with E-state index in [1.807, 2.05) is 23.1 Å². The van der Waals surface area contributed by atoms with Crippen LogP contribution in [0.15, 0.2) is 41.8 Å². The fourth-order valence-electron chi connectivity index (χ4n) is 4.44. The van der Waals surface area contributed by atoms with Crippen LogP contribution in [0.25, 0.3) is 0 Å². The highest BCUT2D eigenvalue weighted by atomic mass is 16.5. The highest BCUT2D eigenvalue weighted by molar-refractivity contribution is 6.03. The van der Waals surface area contributed by atoms with E-state index < -0.39 is 0 Å². The van der Waals surface area contributed by atoms with Crippen molar-refractivity contribution in [2.75, 3.05) is 49.7 Å². The molecule has 1 saturated heterocycles. The number of anilines is 2. The lowest BCUT2D eigenvalue weighted by molar-refractivity contribution is 0.207. The molecular weight excluding hydrogens is 444 g/mol. The van der Waals surface area contributed by atoms with Gasteiger partial charge in [-0.3, -0.25) is 5.43 Å². The predicted molar refractivity (Wildman–Crippen MR) is 138 cm³/mol. The molecule has 4 rings (SSSR count). The monoisotopic (exact) mass is 480 g/mol. The maximum Gasteiger partial charge on any atom is 0.320 e. The van der Waals surface area contributed by atoms with E-state index in [2.05, 4.69) is 35.7 Å². The van der Waals surface area contributed by atoms with Crippen LogP contribution < -0.4 is 15.1 Å². The van der Waals surface area contributed by atoms with Crippen LogP contribution in [0.3, 0.4) is 0 Å². The van der Waals surface area contributed by atoms with Gasteiger partial charge in [-0.2, -0.15) is 15.1 Å². The molecule has 35 heavy (non-hydrogen) atoms. The fourth-order valence-corrected chi connectivity index (χ4v) is 4.44. The van der Waals surface area contributed by atoms with Gasteiger partial charge in [0.2, 0.25) is 0 Å². The molecule has 0 spiro atoms. The third-order valence-corrected chi connectivity index (χ3v) is 6.14. The smallest absolute Gasteiger partial charge is 0.320 e. The molecule has 0 unspecified atom stereocenters. The molecule has 0 amide bonds. The largest absolute Gasteiger partial charge is 0.508 e. The van der Waals surface area contributed by atoms with E-state index in [1.165, 1.54) is 0 Å². The van der Waals surface area contributed by atoms with Gasteiger partial charge < -0.3 is 24.4 Å². The number of ether oxygens (including phenoxy) is 2. The number of aromatic nitrogens is 2. The number of nitrogens with zero attached hydrogens (tertiary/aromatic N) is 5. The summed E-state index contributed by atoms with van der Waals surface area (Å²) in [5.41, 5.74) is 6.30. The summed E-state index contributed by atoms with van der Waals surface area (Å²) in [4.78, 5) is 13.6. The first-order valence-corrected chi connectivity index (χ1v) is 12.6. The molecule has 2 heterocycles. The molecule has 0 atom stereocenters. The molecule has 9 heteroatoms. The second-order valence-corrected chi connectivity index (χ2v) is 8.82. The van der Waals surface area contributed by atoms with Gasteiger partial charge in [-0.25, -0.2) is 0 Å². The normalized spacial score (nSPS) is 16.2. The van der Waals surface area contributed by atoms with Crippen molar-refractivity contribution in [1.29, 1.82) is 0 Å². The Balaban J connectivity index is 1.54. The van der Waals surface area contributed by atoms with E-state index in [-0.39, 0.29) is 5.75 Å². The van der Waals surface area contributed by atoms with Crippen molar-refractivity contribution in [3.63, 3.8) is 0 Å². The molecule has 2 N–H and O–H groups in total. The lowest BCUT2D eigenvalue weighted by Gasteiger charge is -2.23. The third-order valence-electron chi connectivity index (χ3n) is 6.14. The lowest BCUT2D eigenvalue weighted by atomic mass is 9.90. The molecule has 1 aliphatic carbocycles. The van der Waals surface area contributed by atoms with Crippen LogP contribution in [0.1, 0.15) is 50.7 Å². The Kier molecular flexibility index (Phi) is 8.28. The Bertz CT molecular complexity index is 1050. The maximum absolute atomic E-state index is 9.83. The van der Waals surface area contributed by atoms with E-state index in [4.69, 9.17) is 19.6 Å². The highest BCUT2D eigenvalue weighted by Gasteiger charge is 2.18. The Labute approximate surface area is 207 Å². The number of nitrogens with one attached hydrogen (secondary N) is 1. The highest BCUT2D eigenvalue weighted by Crippen LogP contribution is 2.26. The zero-order chi connectivity index (χ0) is 24.6. The Morgan fingerprint density at radius 1 is 1.20 bits per heavy atom. The van der Waals surface area contributed by atoms with Crippen LogP contribution in [0.5, 0.6) is 11.8 Å². The molecule has 0 radical (unpaired) electrons. The number of phenols is 1. The molecular formula is C26H36N6O3. The minimum absolute atomic E-state index is 0.288. The second kappa shape index (κ2) is 11.8. The summed E-state index contributed by atoms with van der Waals surface area (Å²) in [6.07, 6.45) is 4.84. The fraction of sp³-hybridized carbons (Fsp3) is 0.500. The number of aryl methyl sites for hydroxylation is 1. The first-order chi connectivity index (χ1) is 17.1. The lowest BCUT2D eigenvalue weighted by Crippen LogP contribution is -2.27. The zero-order valence-electron chi connectivity index (χ0n) is 20.8. The van der Waals surface area contributed by atoms with Crippen LogP contribution in [-0.4, -0.2) is 65.1 Å². The van der Waals surface area contributed by atoms with Crippen LogP contribution >= 0.6 is 0 Å². The van der Waals surface area contributed by atoms with E-state index in [1.54, 1.807) is 6.07 Å². The number of hydrazone groups is 1. The van der Waals surface area contributed by atoms with Crippen molar-refractivity contribution in [2.24, 2.45) is 5.10 Å². The Morgan fingerprint density at radius 3 is 2.77 bits per heavy atom. The first-order valence-electron chi connectivity index (χ1n) is 12.6. The molecule has 0 saturated carbocycles. The number of phenolic OH excluding ortho intramolecular Hbond substituents is 1. The Hall–Kier alpha value is -3.49. The summed E-state index contributed by atoms with van der Waals surface area (Å²) < 4.78 is 11.4. The van der Waals surface area contributed by atoms with Gasteiger partial charge in [0.15, 0.2) is 11.7 Å². The molecule has 1 aliphatic heterocycles. The van der Waals surface area contributed by atoms with E-state index >= 15 is 0 Å². The number of hydrogen-bond donors (Lipinski definition) is 2. The van der Waals surface area contributed by atoms with Crippen molar-refractivity contribution >= 4 is 17.3 Å².